The van der Waals surface area contributed by atoms with Gasteiger partial charge in [0.25, 0.3) is 6.71 Å². The zero-order valence-corrected chi connectivity index (χ0v) is 81.6. The van der Waals surface area contributed by atoms with Crippen LogP contribution in [-0.2, 0) is 59.6 Å². The van der Waals surface area contributed by atoms with Gasteiger partial charge in [-0.05, 0) is 256 Å². The van der Waals surface area contributed by atoms with Gasteiger partial charge in [0.05, 0.1) is 56.7 Å². The SMILES string of the molecule is [2H]c1c([2H])c(C(C)(C)C)c([2H])c([2H])c1-c1c([2H])c(C(C)(C)C)c([2H])c(-c2c([2H])c(C(C)(C)C)c([2H])c([2H])c2C(C)(C)C)c1N1c2cc(-n3c4c([2H])c([2H])c([2H])c([2H])c4c4c([2H])c([2H])c([2H])c([2H])c43)ccc2B2c3ccc(-n4c5ccc(C(C)(C)C)cc5c5cc(C(C)(C)C)ccc54)cc3N(c3c(-c4ccc(C(C)(C)C)cc4)cc(C(C)(C)C)cc3-c3ccc(C(C)(C)C)cc3C(C)(C)C)c3cc(C(C)(C)C)cc1c32. The summed E-state index contributed by atoms with van der Waals surface area (Å²) < 4.78 is 181. The van der Waals surface area contributed by atoms with Crippen molar-refractivity contribution < 1.29 is 23.3 Å². The maximum atomic E-state index is 11.9. The Morgan fingerprint density at radius 2 is 0.614 bits per heavy atom. The number of anilines is 6. The minimum Gasteiger partial charge on any atom is -0.310 e. The van der Waals surface area contributed by atoms with Gasteiger partial charge in [0.2, 0.25) is 0 Å². The van der Waals surface area contributed by atoms with Gasteiger partial charge < -0.3 is 18.9 Å². The highest BCUT2D eigenvalue weighted by molar-refractivity contribution is 7.00. The molecule has 13 aromatic carbocycles. The van der Waals surface area contributed by atoms with Crippen molar-refractivity contribution in [1.82, 2.24) is 9.13 Å². The van der Waals surface area contributed by atoms with E-state index in [2.05, 4.69) is 276 Å². The molecule has 2 aromatic heterocycles. The van der Waals surface area contributed by atoms with Gasteiger partial charge in [0, 0.05) is 77.9 Å². The highest BCUT2D eigenvalue weighted by Crippen LogP contribution is 2.58. The lowest BCUT2D eigenvalue weighted by atomic mass is 9.33. The first-order valence-electron chi connectivity index (χ1n) is 54.1. The predicted molar refractivity (Wildman–Crippen MR) is 557 cm³/mol. The zero-order valence-electron chi connectivity index (χ0n) is 98.6. The third kappa shape index (κ3) is 15.6. The first-order chi connectivity index (χ1) is 66.1. The lowest BCUT2D eigenvalue weighted by Gasteiger charge is -2.47. The molecule has 0 saturated heterocycles. The molecule has 0 fully saturated rings. The third-order valence-corrected chi connectivity index (χ3v) is 26.3. The van der Waals surface area contributed by atoms with Crippen molar-refractivity contribution in [3.63, 3.8) is 0 Å². The summed E-state index contributed by atoms with van der Waals surface area (Å²) in [6.45, 7) is 68.8. The van der Waals surface area contributed by atoms with Gasteiger partial charge in [-0.25, -0.2) is 0 Å². The van der Waals surface area contributed by atoms with Crippen molar-refractivity contribution in [2.75, 3.05) is 9.80 Å². The van der Waals surface area contributed by atoms with E-state index in [-0.39, 0.29) is 147 Å². The molecule has 0 saturated carbocycles. The second-order valence-corrected chi connectivity index (χ2v) is 47.6. The largest absolute Gasteiger partial charge is 0.310 e. The number of benzene rings is 13. The van der Waals surface area contributed by atoms with E-state index in [0.717, 1.165) is 94.4 Å². The molecule has 0 bridgehead atoms. The van der Waals surface area contributed by atoms with Crippen molar-refractivity contribution in [3.8, 4) is 55.9 Å². The Morgan fingerprint density at radius 3 is 1.07 bits per heavy atom. The van der Waals surface area contributed by atoms with Gasteiger partial charge in [-0.15, -0.1) is 0 Å². The van der Waals surface area contributed by atoms with E-state index in [1.165, 1.54) is 15.7 Å². The Kier molecular flexibility index (Phi) is 16.3. The second kappa shape index (κ2) is 29.9. The molecule has 17 rings (SSSR count). The fraction of sp³-hybridized carbons (Fsp3) is 0.361. The number of aromatic nitrogens is 2. The van der Waals surface area contributed by atoms with Crippen LogP contribution in [0, 0.1) is 0 Å². The van der Waals surface area contributed by atoms with E-state index in [4.69, 9.17) is 0 Å². The molecule has 0 unspecified atom stereocenters. The monoisotopic (exact) mass is 1690 g/mol. The average Bonchev–Trinajstić information content (AvgIpc) is 0.790. The summed E-state index contributed by atoms with van der Waals surface area (Å²) in [6.07, 6.45) is 0. The minimum atomic E-state index is -1.20. The van der Waals surface area contributed by atoms with Crippen molar-refractivity contribution in [2.45, 2.75) is 288 Å². The molecule has 2 aliphatic heterocycles. The van der Waals surface area contributed by atoms with Crippen LogP contribution in [0.15, 0.2) is 242 Å². The number of fused-ring (bicyclic) bond motifs is 10. The summed E-state index contributed by atoms with van der Waals surface area (Å²) in [5.41, 5.74) is 11.8. The van der Waals surface area contributed by atoms with Crippen molar-refractivity contribution in [3.05, 3.63) is 303 Å². The zero-order chi connectivity index (χ0) is 106. The van der Waals surface area contributed by atoms with Gasteiger partial charge in [-0.1, -0.05) is 374 Å². The van der Waals surface area contributed by atoms with E-state index in [0.29, 0.717) is 22.3 Å². The van der Waals surface area contributed by atoms with Gasteiger partial charge in [0.1, 0.15) is 0 Å². The van der Waals surface area contributed by atoms with E-state index in [9.17, 15) is 23.3 Å². The molecule has 4 heterocycles. The third-order valence-electron chi connectivity index (χ3n) is 26.3. The Morgan fingerprint density at radius 1 is 0.228 bits per heavy atom. The molecular formula is C122H139BN4. The Hall–Kier alpha value is -10.9. The van der Waals surface area contributed by atoms with Crippen LogP contribution in [0.2, 0.25) is 0 Å². The summed E-state index contributed by atoms with van der Waals surface area (Å²) in [6, 6.07) is 43.9. The summed E-state index contributed by atoms with van der Waals surface area (Å²) in [5.74, 6) is 0. The van der Waals surface area contributed by atoms with Crippen LogP contribution in [0.25, 0.3) is 99.5 Å². The Labute approximate surface area is 786 Å². The van der Waals surface area contributed by atoms with Crippen LogP contribution in [0.3, 0.4) is 0 Å². The van der Waals surface area contributed by atoms with Crippen LogP contribution in [0.4, 0.5) is 34.1 Å². The van der Waals surface area contributed by atoms with Crippen LogP contribution >= 0.6 is 0 Å². The highest BCUT2D eigenvalue weighted by atomic mass is 15.2. The number of hydrogen-bond donors (Lipinski definition) is 0. The lowest BCUT2D eigenvalue weighted by molar-refractivity contribution is 0.569. The number of nitrogens with zero attached hydrogens (tertiary/aromatic N) is 4. The molecule has 650 valence electrons. The molecule has 0 spiro atoms. The molecule has 0 aliphatic carbocycles. The van der Waals surface area contributed by atoms with Crippen molar-refractivity contribution >= 4 is 101 Å². The van der Waals surface area contributed by atoms with Crippen molar-refractivity contribution in [1.29, 1.82) is 0 Å². The molecule has 4 nitrogen and oxygen atoms in total. The van der Waals surface area contributed by atoms with Gasteiger partial charge in [0.15, 0.2) is 0 Å². The number of hydrogen-bond acceptors (Lipinski definition) is 2. The fourth-order valence-corrected chi connectivity index (χ4v) is 18.7. The van der Waals surface area contributed by atoms with Gasteiger partial charge >= 0.3 is 0 Å². The molecule has 0 N–H and O–H groups in total. The average molecular weight is 1690 g/mol. The summed E-state index contributed by atoms with van der Waals surface area (Å²) >= 11 is 0. The van der Waals surface area contributed by atoms with Crippen LogP contribution < -0.4 is 26.2 Å². The molecule has 0 radical (unpaired) electrons. The standard InChI is InChI=1S/C122H139BN4/c1-112(2,3)76-46-42-74(43-47-76)90-65-82(118(19,20)21)67-95(87-56-50-81(117(16,17)18)69-98(87)122(31,32)33)110(90)126-105-73-86(125-103-60-52-79(115(10,11)12)63-93(103)94-64-80(116(13,14)15)53-61-104(94)125)55-59-99(105)123-100-58-54-85(124-101-40-36-34-38-88(101)89-39-35-37-41-102(89)124)72-106(100)127(108-71-84(120(25,26)27)70-107(126)109(108)123)111-91(75-44-48-77(49-45-75)113(4,5)6)66-83(119(22,23)24)68-96(111)92-62-78(114(7,8)9)51-57-97(92)121(28,29)30/h34-73H,1-33H3/i34D,35D,36D,37D,38D,39D,40D,41D,44D,45D,48D,49D,51D,57D,62D,66D,68D. The summed E-state index contributed by atoms with van der Waals surface area (Å²) in [5, 5.41) is 1.84. The molecule has 127 heavy (non-hydrogen) atoms. The van der Waals surface area contributed by atoms with Gasteiger partial charge in [-0.3, -0.25) is 0 Å². The first kappa shape index (κ1) is 69.2. The predicted octanol–water partition coefficient (Wildman–Crippen LogP) is 32.9. The number of rotatable bonds is 8. The fourth-order valence-electron chi connectivity index (χ4n) is 18.7. The summed E-state index contributed by atoms with van der Waals surface area (Å²) in [4.78, 5) is 4.48. The highest BCUT2D eigenvalue weighted by Gasteiger charge is 2.48. The molecule has 5 heteroatoms. The summed E-state index contributed by atoms with van der Waals surface area (Å²) in [7, 11) is 0. The molecule has 15 aromatic rings. The van der Waals surface area contributed by atoms with E-state index >= 15 is 0 Å². The molecular weight excluding hydrogens is 1530 g/mol. The van der Waals surface area contributed by atoms with Crippen LogP contribution in [0.1, 0.15) is 313 Å². The second-order valence-electron chi connectivity index (χ2n) is 47.6. The molecule has 0 amide bonds. The minimum absolute atomic E-state index is 0.0241. The Balaban J connectivity index is 1.20. The maximum Gasteiger partial charge on any atom is 0.252 e. The Bertz CT molecular complexity index is 7850. The lowest BCUT2D eigenvalue weighted by Crippen LogP contribution is -2.61. The number of para-hydroxylation sites is 2. The maximum absolute atomic E-state index is 11.9. The molecule has 2 aliphatic rings. The van der Waals surface area contributed by atoms with Crippen molar-refractivity contribution in [2.24, 2.45) is 0 Å². The topological polar surface area (TPSA) is 16.3 Å². The first-order valence-corrected chi connectivity index (χ1v) is 45.6. The quantitative estimate of drug-likeness (QED) is 0.141. The smallest absolute Gasteiger partial charge is 0.252 e. The van der Waals surface area contributed by atoms with Crippen LogP contribution in [0.5, 0.6) is 0 Å². The van der Waals surface area contributed by atoms with E-state index in [1.54, 1.807) is 0 Å². The van der Waals surface area contributed by atoms with Gasteiger partial charge in [-0.2, -0.15) is 0 Å². The normalized spacial score (nSPS) is 15.9. The van der Waals surface area contributed by atoms with Crippen LogP contribution in [-0.4, -0.2) is 15.8 Å². The van der Waals surface area contributed by atoms with E-state index in [1.807, 2.05) is 106 Å². The van der Waals surface area contributed by atoms with E-state index < -0.39 is 105 Å². The molecule has 0 atom stereocenters.